The van der Waals surface area contributed by atoms with Crippen LogP contribution >= 0.6 is 0 Å². The second kappa shape index (κ2) is 3.20. The van der Waals surface area contributed by atoms with Crippen molar-refractivity contribution in [3.8, 4) is 0 Å². The molecule has 1 aromatic carbocycles. The number of H-pyrrole nitrogens is 1. The van der Waals surface area contributed by atoms with Gasteiger partial charge in [0.15, 0.2) is 0 Å². The summed E-state index contributed by atoms with van der Waals surface area (Å²) in [6.07, 6.45) is 1.84. The zero-order chi connectivity index (χ0) is 9.26. The van der Waals surface area contributed by atoms with Gasteiger partial charge in [0.25, 0.3) is 0 Å². The van der Waals surface area contributed by atoms with E-state index in [2.05, 4.69) is 4.98 Å². The number of nitrogens with one attached hydrogen (secondary N) is 1. The summed E-state index contributed by atoms with van der Waals surface area (Å²) in [6.45, 7) is 1.93. The average molecular weight is 176 g/mol. The van der Waals surface area contributed by atoms with Gasteiger partial charge in [-0.2, -0.15) is 0 Å². The summed E-state index contributed by atoms with van der Waals surface area (Å²) in [4.78, 5) is 7.94. The molecule has 68 valence electrons. The predicted molar refractivity (Wildman–Crippen MR) is 52.0 cm³/mol. The summed E-state index contributed by atoms with van der Waals surface area (Å²) in [7, 11) is 0. The maximum atomic E-state index is 5.15. The molecule has 0 aliphatic heterocycles. The van der Waals surface area contributed by atoms with Crippen LogP contribution in [0, 0.1) is 0 Å². The first-order valence-electron chi connectivity index (χ1n) is 4.24. The van der Waals surface area contributed by atoms with Crippen LogP contribution in [0.15, 0.2) is 30.5 Å². The minimum absolute atomic E-state index is 0.0699. The van der Waals surface area contributed by atoms with E-state index in [0.29, 0.717) is 0 Å². The molecule has 2 rings (SSSR count). The Kier molecular flexibility index (Phi) is 2.04. The summed E-state index contributed by atoms with van der Waals surface area (Å²) >= 11 is 0. The van der Waals surface area contributed by atoms with Crippen LogP contribution in [0.2, 0.25) is 0 Å². The Hall–Kier alpha value is -1.32. The molecule has 0 aliphatic rings. The van der Waals surface area contributed by atoms with Gasteiger partial charge in [0.1, 0.15) is 6.10 Å². The summed E-state index contributed by atoms with van der Waals surface area (Å²) in [5, 5.41) is 1.17. The summed E-state index contributed by atoms with van der Waals surface area (Å²) in [5.74, 6) is 5.15. The summed E-state index contributed by atoms with van der Waals surface area (Å²) in [5.41, 5.74) is 2.22. The van der Waals surface area contributed by atoms with E-state index >= 15 is 0 Å². The van der Waals surface area contributed by atoms with Crippen LogP contribution in [0.25, 0.3) is 10.9 Å². The molecule has 3 N–H and O–H groups in total. The highest BCUT2D eigenvalue weighted by molar-refractivity contribution is 5.83. The molecule has 1 heterocycles. The second-order valence-corrected chi connectivity index (χ2v) is 3.06. The van der Waals surface area contributed by atoms with E-state index in [0.717, 1.165) is 11.1 Å². The van der Waals surface area contributed by atoms with Crippen molar-refractivity contribution < 1.29 is 4.84 Å². The smallest absolute Gasteiger partial charge is 0.102 e. The first-order valence-corrected chi connectivity index (χ1v) is 4.24. The normalized spacial score (nSPS) is 13.4. The van der Waals surface area contributed by atoms with Gasteiger partial charge >= 0.3 is 0 Å². The lowest BCUT2D eigenvalue weighted by molar-refractivity contribution is 0.0674. The van der Waals surface area contributed by atoms with E-state index in [1.807, 2.05) is 37.4 Å². The highest BCUT2D eigenvalue weighted by Crippen LogP contribution is 2.24. The van der Waals surface area contributed by atoms with Crippen LogP contribution in [0.3, 0.4) is 0 Å². The third-order valence-corrected chi connectivity index (χ3v) is 2.27. The fourth-order valence-electron chi connectivity index (χ4n) is 1.54. The van der Waals surface area contributed by atoms with Gasteiger partial charge in [0.05, 0.1) is 0 Å². The van der Waals surface area contributed by atoms with E-state index in [9.17, 15) is 0 Å². The molecule has 0 radical (unpaired) electrons. The predicted octanol–water partition coefficient (Wildman–Crippen LogP) is 2.12. The maximum Gasteiger partial charge on any atom is 0.102 e. The van der Waals surface area contributed by atoms with E-state index in [1.165, 1.54) is 5.39 Å². The van der Waals surface area contributed by atoms with Gasteiger partial charge < -0.3 is 4.98 Å². The van der Waals surface area contributed by atoms with Crippen molar-refractivity contribution in [2.75, 3.05) is 0 Å². The first-order chi connectivity index (χ1) is 6.33. The summed E-state index contributed by atoms with van der Waals surface area (Å²) < 4.78 is 0. The molecular formula is C10H12N2O. The average Bonchev–Trinajstić information content (AvgIpc) is 2.63. The number of nitrogens with two attached hydrogens (primary N) is 1. The van der Waals surface area contributed by atoms with Gasteiger partial charge in [0, 0.05) is 17.1 Å². The molecule has 0 saturated heterocycles. The van der Waals surface area contributed by atoms with Crippen molar-refractivity contribution in [3.63, 3.8) is 0 Å². The molecule has 0 saturated carbocycles. The Balaban J connectivity index is 2.60. The molecule has 1 unspecified atom stereocenters. The van der Waals surface area contributed by atoms with Crippen LogP contribution in [0.5, 0.6) is 0 Å². The molecule has 1 aromatic heterocycles. The van der Waals surface area contributed by atoms with E-state index in [-0.39, 0.29) is 6.10 Å². The lowest BCUT2D eigenvalue weighted by Gasteiger charge is -2.09. The van der Waals surface area contributed by atoms with Gasteiger partial charge in [-0.1, -0.05) is 12.1 Å². The topological polar surface area (TPSA) is 51.0 Å². The van der Waals surface area contributed by atoms with Gasteiger partial charge in [-0.25, -0.2) is 5.90 Å². The number of aromatic amines is 1. The van der Waals surface area contributed by atoms with Crippen molar-refractivity contribution in [2.24, 2.45) is 5.90 Å². The molecule has 0 amide bonds. The maximum absolute atomic E-state index is 5.15. The van der Waals surface area contributed by atoms with Crippen molar-refractivity contribution in [2.45, 2.75) is 13.0 Å². The molecule has 2 aromatic rings. The number of aromatic nitrogens is 1. The largest absolute Gasteiger partial charge is 0.361 e. The molecule has 1 atom stereocenters. The number of benzene rings is 1. The fraction of sp³-hybridized carbons (Fsp3) is 0.200. The molecule has 0 fully saturated rings. The highest BCUT2D eigenvalue weighted by Gasteiger charge is 2.08. The van der Waals surface area contributed by atoms with Crippen LogP contribution in [-0.4, -0.2) is 4.98 Å². The third-order valence-electron chi connectivity index (χ3n) is 2.27. The lowest BCUT2D eigenvalue weighted by atomic mass is 10.1. The molecular weight excluding hydrogens is 164 g/mol. The Morgan fingerprint density at radius 2 is 2.23 bits per heavy atom. The minimum atomic E-state index is -0.0699. The zero-order valence-electron chi connectivity index (χ0n) is 7.45. The van der Waals surface area contributed by atoms with Gasteiger partial charge in [0.2, 0.25) is 0 Å². The standard InChI is InChI=1S/C10H12N2O/c1-7(13-11)8-3-2-4-10-9(8)5-6-12-10/h2-7,12H,11H2,1H3. The molecule has 0 spiro atoms. The van der Waals surface area contributed by atoms with Gasteiger partial charge in [-0.15, -0.1) is 0 Å². The molecule has 3 nitrogen and oxygen atoms in total. The number of rotatable bonds is 2. The Bertz CT molecular complexity index is 408. The minimum Gasteiger partial charge on any atom is -0.361 e. The van der Waals surface area contributed by atoms with Crippen LogP contribution < -0.4 is 5.90 Å². The van der Waals surface area contributed by atoms with E-state index in [1.54, 1.807) is 0 Å². The highest BCUT2D eigenvalue weighted by atomic mass is 16.6. The molecule has 0 bridgehead atoms. The number of hydrogen-bond donors (Lipinski definition) is 2. The van der Waals surface area contributed by atoms with E-state index < -0.39 is 0 Å². The number of fused-ring (bicyclic) bond motifs is 1. The SMILES string of the molecule is CC(ON)c1cccc2[nH]ccc12. The van der Waals surface area contributed by atoms with Crippen LogP contribution in [0.1, 0.15) is 18.6 Å². The monoisotopic (exact) mass is 176 g/mol. The van der Waals surface area contributed by atoms with Crippen molar-refractivity contribution in [1.82, 2.24) is 4.98 Å². The van der Waals surface area contributed by atoms with Crippen molar-refractivity contribution in [3.05, 3.63) is 36.0 Å². The molecule has 3 heteroatoms. The quantitative estimate of drug-likeness (QED) is 0.688. The van der Waals surface area contributed by atoms with Gasteiger partial charge in [-0.05, 0) is 24.6 Å². The Morgan fingerprint density at radius 1 is 1.38 bits per heavy atom. The Morgan fingerprint density at radius 3 is 3.00 bits per heavy atom. The van der Waals surface area contributed by atoms with Crippen LogP contribution in [-0.2, 0) is 4.84 Å². The summed E-state index contributed by atoms with van der Waals surface area (Å²) in [6, 6.07) is 8.07. The first kappa shape index (κ1) is 8.29. The Labute approximate surface area is 76.5 Å². The van der Waals surface area contributed by atoms with Crippen LogP contribution in [0.4, 0.5) is 0 Å². The molecule has 13 heavy (non-hydrogen) atoms. The lowest BCUT2D eigenvalue weighted by Crippen LogP contribution is -2.05. The fourth-order valence-corrected chi connectivity index (χ4v) is 1.54. The molecule has 0 aliphatic carbocycles. The van der Waals surface area contributed by atoms with Crippen molar-refractivity contribution in [1.29, 1.82) is 0 Å². The zero-order valence-corrected chi connectivity index (χ0v) is 7.45. The van der Waals surface area contributed by atoms with Gasteiger partial charge in [-0.3, -0.25) is 4.84 Å². The number of hydrogen-bond acceptors (Lipinski definition) is 2. The second-order valence-electron chi connectivity index (χ2n) is 3.06. The third kappa shape index (κ3) is 1.32. The van der Waals surface area contributed by atoms with E-state index in [4.69, 9.17) is 10.7 Å². The van der Waals surface area contributed by atoms with Crippen molar-refractivity contribution >= 4 is 10.9 Å².